The average molecular weight is 261 g/mol. The zero-order valence-corrected chi connectivity index (χ0v) is 11.9. The van der Waals surface area contributed by atoms with E-state index in [0.29, 0.717) is 6.04 Å². The number of hydrogen-bond acceptors (Lipinski definition) is 4. The summed E-state index contributed by atoms with van der Waals surface area (Å²) >= 11 is 1.54. The first-order valence-corrected chi connectivity index (χ1v) is 7.04. The van der Waals surface area contributed by atoms with Crippen LogP contribution in [0.5, 0.6) is 0 Å². The Kier molecular flexibility index (Phi) is 3.97. The second-order valence-corrected chi connectivity index (χ2v) is 6.08. The number of aromatic nitrogens is 2. The van der Waals surface area contributed by atoms with Gasteiger partial charge in [0, 0.05) is 6.04 Å². The molecule has 1 heterocycles. The van der Waals surface area contributed by atoms with Gasteiger partial charge in [-0.2, -0.15) is 0 Å². The van der Waals surface area contributed by atoms with E-state index < -0.39 is 0 Å². The van der Waals surface area contributed by atoms with Crippen LogP contribution in [0.4, 0.5) is 5.13 Å². The largest absolute Gasteiger partial charge is 0.358 e. The molecule has 3 nitrogen and oxygen atoms in total. The standard InChI is InChI=1S/C14H19N3S/c1-11(16-13-17-15-10-18-13)9-14(2,3)12-7-5-4-6-8-12/h4-8,10-11H,9H2,1-3H3,(H,16,17). The first-order chi connectivity index (χ1) is 8.58. The summed E-state index contributed by atoms with van der Waals surface area (Å²) in [6.07, 6.45) is 1.05. The van der Waals surface area contributed by atoms with Gasteiger partial charge in [0.05, 0.1) is 0 Å². The molecule has 1 unspecified atom stereocenters. The van der Waals surface area contributed by atoms with Crippen LogP contribution in [0, 0.1) is 0 Å². The van der Waals surface area contributed by atoms with Gasteiger partial charge in [0.15, 0.2) is 0 Å². The zero-order chi connectivity index (χ0) is 13.0. The Morgan fingerprint density at radius 1 is 1.28 bits per heavy atom. The van der Waals surface area contributed by atoms with E-state index in [0.717, 1.165) is 11.6 Å². The second kappa shape index (κ2) is 5.48. The monoisotopic (exact) mass is 261 g/mol. The van der Waals surface area contributed by atoms with Crippen molar-refractivity contribution in [3.8, 4) is 0 Å². The summed E-state index contributed by atoms with van der Waals surface area (Å²) in [6.45, 7) is 6.74. The van der Waals surface area contributed by atoms with Crippen molar-refractivity contribution < 1.29 is 0 Å². The summed E-state index contributed by atoms with van der Waals surface area (Å²) in [5, 5.41) is 12.1. The van der Waals surface area contributed by atoms with Crippen LogP contribution in [0.15, 0.2) is 35.8 Å². The van der Waals surface area contributed by atoms with Crippen molar-refractivity contribution in [2.24, 2.45) is 0 Å². The summed E-state index contributed by atoms with van der Waals surface area (Å²) in [6, 6.07) is 11.0. The average Bonchev–Trinajstić information content (AvgIpc) is 2.82. The molecule has 1 aromatic carbocycles. The van der Waals surface area contributed by atoms with Crippen molar-refractivity contribution in [3.05, 3.63) is 41.4 Å². The molecule has 96 valence electrons. The van der Waals surface area contributed by atoms with E-state index in [1.807, 2.05) is 0 Å². The molecule has 0 saturated carbocycles. The smallest absolute Gasteiger partial charge is 0.205 e. The van der Waals surface area contributed by atoms with Gasteiger partial charge >= 0.3 is 0 Å². The van der Waals surface area contributed by atoms with Crippen LogP contribution in [0.2, 0.25) is 0 Å². The van der Waals surface area contributed by atoms with Gasteiger partial charge in [-0.1, -0.05) is 55.5 Å². The van der Waals surface area contributed by atoms with Gasteiger partial charge in [-0.25, -0.2) is 0 Å². The lowest BCUT2D eigenvalue weighted by molar-refractivity contribution is 0.450. The highest BCUT2D eigenvalue weighted by atomic mass is 32.1. The van der Waals surface area contributed by atoms with Gasteiger partial charge in [0.2, 0.25) is 5.13 Å². The molecule has 0 aliphatic heterocycles. The Labute approximate surface area is 112 Å². The summed E-state index contributed by atoms with van der Waals surface area (Å²) in [7, 11) is 0. The number of benzene rings is 1. The van der Waals surface area contributed by atoms with Crippen LogP contribution < -0.4 is 5.32 Å². The van der Waals surface area contributed by atoms with Gasteiger partial charge in [-0.05, 0) is 24.3 Å². The maximum absolute atomic E-state index is 4.02. The highest BCUT2D eigenvalue weighted by Gasteiger charge is 2.23. The summed E-state index contributed by atoms with van der Waals surface area (Å²) in [5.74, 6) is 0. The Hall–Kier alpha value is -1.42. The SMILES string of the molecule is CC(CC(C)(C)c1ccccc1)Nc1nncs1. The highest BCUT2D eigenvalue weighted by Crippen LogP contribution is 2.29. The van der Waals surface area contributed by atoms with Crippen molar-refractivity contribution in [1.29, 1.82) is 0 Å². The molecular formula is C14H19N3S. The van der Waals surface area contributed by atoms with E-state index in [1.54, 1.807) is 5.51 Å². The summed E-state index contributed by atoms with van der Waals surface area (Å²) in [4.78, 5) is 0. The summed E-state index contributed by atoms with van der Waals surface area (Å²) < 4.78 is 0. The van der Waals surface area contributed by atoms with Crippen LogP contribution >= 0.6 is 11.3 Å². The number of hydrogen-bond donors (Lipinski definition) is 1. The molecule has 1 aromatic heterocycles. The molecule has 0 bridgehead atoms. The third-order valence-corrected chi connectivity index (χ3v) is 3.72. The predicted molar refractivity (Wildman–Crippen MR) is 77.1 cm³/mol. The molecule has 0 aliphatic carbocycles. The maximum atomic E-state index is 4.02. The van der Waals surface area contributed by atoms with Crippen LogP contribution in [0.25, 0.3) is 0 Å². The molecule has 0 spiro atoms. The zero-order valence-electron chi connectivity index (χ0n) is 11.1. The topological polar surface area (TPSA) is 37.8 Å². The molecule has 1 atom stereocenters. The van der Waals surface area contributed by atoms with Gasteiger partial charge in [-0.15, -0.1) is 10.2 Å². The third kappa shape index (κ3) is 3.29. The van der Waals surface area contributed by atoms with Crippen molar-refractivity contribution >= 4 is 16.5 Å². The molecule has 2 aromatic rings. The first-order valence-electron chi connectivity index (χ1n) is 6.16. The molecule has 2 rings (SSSR count). The van der Waals surface area contributed by atoms with E-state index >= 15 is 0 Å². The van der Waals surface area contributed by atoms with Crippen molar-refractivity contribution in [1.82, 2.24) is 10.2 Å². The number of anilines is 1. The molecule has 1 N–H and O–H groups in total. The van der Waals surface area contributed by atoms with Gasteiger partial charge in [-0.3, -0.25) is 0 Å². The van der Waals surface area contributed by atoms with E-state index in [2.05, 4.69) is 66.6 Å². The normalized spacial score (nSPS) is 13.3. The quantitative estimate of drug-likeness (QED) is 0.891. The number of nitrogens with zero attached hydrogens (tertiary/aromatic N) is 2. The molecule has 0 fully saturated rings. The van der Waals surface area contributed by atoms with Crippen molar-refractivity contribution in [2.45, 2.75) is 38.6 Å². The van der Waals surface area contributed by atoms with E-state index in [9.17, 15) is 0 Å². The Morgan fingerprint density at radius 2 is 2.00 bits per heavy atom. The van der Waals surface area contributed by atoms with E-state index in [4.69, 9.17) is 0 Å². The molecular weight excluding hydrogens is 242 g/mol. The Bertz CT molecular complexity index is 465. The van der Waals surface area contributed by atoms with Gasteiger partial charge in [0.25, 0.3) is 0 Å². The van der Waals surface area contributed by atoms with Crippen molar-refractivity contribution in [2.75, 3.05) is 5.32 Å². The highest BCUT2D eigenvalue weighted by molar-refractivity contribution is 7.13. The Morgan fingerprint density at radius 3 is 2.61 bits per heavy atom. The second-order valence-electron chi connectivity index (χ2n) is 5.24. The molecule has 18 heavy (non-hydrogen) atoms. The van der Waals surface area contributed by atoms with Crippen molar-refractivity contribution in [3.63, 3.8) is 0 Å². The number of rotatable bonds is 5. The minimum atomic E-state index is 0.151. The molecule has 0 amide bonds. The lowest BCUT2D eigenvalue weighted by Crippen LogP contribution is -2.27. The molecule has 0 radical (unpaired) electrons. The lowest BCUT2D eigenvalue weighted by Gasteiger charge is -2.29. The predicted octanol–water partition coefficient (Wildman–Crippen LogP) is 3.71. The lowest BCUT2D eigenvalue weighted by atomic mass is 9.79. The minimum Gasteiger partial charge on any atom is -0.358 e. The van der Waals surface area contributed by atoms with Crippen LogP contribution in [0.1, 0.15) is 32.8 Å². The Balaban J connectivity index is 1.99. The van der Waals surface area contributed by atoms with Crippen LogP contribution in [0.3, 0.4) is 0 Å². The minimum absolute atomic E-state index is 0.151. The fourth-order valence-electron chi connectivity index (χ4n) is 2.27. The van der Waals surface area contributed by atoms with Gasteiger partial charge in [0.1, 0.15) is 5.51 Å². The maximum Gasteiger partial charge on any atom is 0.205 e. The van der Waals surface area contributed by atoms with E-state index in [-0.39, 0.29) is 5.41 Å². The van der Waals surface area contributed by atoms with E-state index in [1.165, 1.54) is 16.9 Å². The van der Waals surface area contributed by atoms with Gasteiger partial charge < -0.3 is 5.32 Å². The number of nitrogens with one attached hydrogen (secondary N) is 1. The fourth-order valence-corrected chi connectivity index (χ4v) is 2.83. The fraction of sp³-hybridized carbons (Fsp3) is 0.429. The molecule has 0 saturated heterocycles. The third-order valence-electron chi connectivity index (χ3n) is 3.10. The summed E-state index contributed by atoms with van der Waals surface area (Å²) in [5.41, 5.74) is 3.27. The van der Waals surface area contributed by atoms with Crippen LogP contribution in [-0.4, -0.2) is 16.2 Å². The van der Waals surface area contributed by atoms with Crippen LogP contribution in [-0.2, 0) is 5.41 Å². The molecule has 0 aliphatic rings. The first kappa shape index (κ1) is 13.0. The molecule has 4 heteroatoms.